The minimum absolute atomic E-state index is 0.226. The van der Waals surface area contributed by atoms with Crippen molar-refractivity contribution in [3.63, 3.8) is 0 Å². The number of hydrogen-bond donors (Lipinski definition) is 2. The maximum absolute atomic E-state index is 13.9. The Morgan fingerprint density at radius 3 is 1.71 bits per heavy atom. The van der Waals surface area contributed by atoms with Gasteiger partial charge in [-0.3, -0.25) is 0 Å². The van der Waals surface area contributed by atoms with Crippen molar-refractivity contribution in [2.75, 3.05) is 0 Å². The predicted molar refractivity (Wildman–Crippen MR) is 169 cm³/mol. The maximum Gasteiger partial charge on any atom is 0.123 e. The molecule has 228 valence electrons. The Balaban J connectivity index is 0.000000181. The van der Waals surface area contributed by atoms with Gasteiger partial charge >= 0.3 is 0 Å². The minimum atomic E-state index is -0.712. The summed E-state index contributed by atoms with van der Waals surface area (Å²) >= 11 is 0. The van der Waals surface area contributed by atoms with Crippen molar-refractivity contribution in [3.05, 3.63) is 132 Å². The lowest BCUT2D eigenvalue weighted by Crippen LogP contribution is -2.40. The van der Waals surface area contributed by atoms with Gasteiger partial charge in [0.15, 0.2) is 0 Å². The monoisotopic (exact) mass is 610 g/mol. The van der Waals surface area contributed by atoms with Crippen molar-refractivity contribution < 1.29 is 27.4 Å². The van der Waals surface area contributed by atoms with Gasteiger partial charge in [-0.1, -0.05) is 30.3 Å². The number of aliphatic hydroxyl groups is 1. The van der Waals surface area contributed by atoms with Crippen LogP contribution in [0, 0.1) is 23.3 Å². The van der Waals surface area contributed by atoms with Gasteiger partial charge in [0.2, 0.25) is 0 Å². The summed E-state index contributed by atoms with van der Waals surface area (Å²) in [6.07, 6.45) is 1.46. The number of aromatic nitrogens is 2. The fourth-order valence-corrected chi connectivity index (χ4v) is 6.56. The van der Waals surface area contributed by atoms with E-state index in [1.165, 1.54) is 48.5 Å². The Labute approximate surface area is 256 Å². The summed E-state index contributed by atoms with van der Waals surface area (Å²) < 4.78 is 62.1. The predicted octanol–water partition coefficient (Wildman–Crippen LogP) is 9.34. The molecule has 0 unspecified atom stereocenters. The SMILES string of the molecule is Fc1ccc2[nH]c3ccc(F)cc3c2c1.O[C@H]1[C@H](n2c3ccc(F)cc3c3cc(F)ccc32)CCC[C@H]1OCc1ccccc1. The highest BCUT2D eigenvalue weighted by Gasteiger charge is 2.35. The molecule has 4 nitrogen and oxygen atoms in total. The van der Waals surface area contributed by atoms with E-state index in [1.54, 1.807) is 24.3 Å². The number of aliphatic hydroxyl groups excluding tert-OH is 1. The molecule has 1 fully saturated rings. The first-order valence-electron chi connectivity index (χ1n) is 14.9. The van der Waals surface area contributed by atoms with Crippen LogP contribution in [-0.4, -0.2) is 26.9 Å². The van der Waals surface area contributed by atoms with Gasteiger partial charge in [0, 0.05) is 43.6 Å². The largest absolute Gasteiger partial charge is 0.388 e. The number of ether oxygens (including phenoxy) is 1. The van der Waals surface area contributed by atoms with Crippen LogP contribution in [0.1, 0.15) is 30.9 Å². The normalized spacial score (nSPS) is 18.5. The molecule has 2 heterocycles. The number of nitrogens with one attached hydrogen (secondary N) is 1. The topological polar surface area (TPSA) is 50.2 Å². The van der Waals surface area contributed by atoms with Crippen LogP contribution in [0.2, 0.25) is 0 Å². The second kappa shape index (κ2) is 12.0. The molecule has 8 heteroatoms. The Bertz CT molecular complexity index is 2020. The molecule has 1 saturated carbocycles. The Hall–Kier alpha value is -4.66. The fourth-order valence-electron chi connectivity index (χ4n) is 6.56. The summed E-state index contributed by atoms with van der Waals surface area (Å²) in [7, 11) is 0. The van der Waals surface area contributed by atoms with Gasteiger partial charge in [0.25, 0.3) is 0 Å². The van der Waals surface area contributed by atoms with E-state index in [0.29, 0.717) is 28.2 Å². The average molecular weight is 611 g/mol. The van der Waals surface area contributed by atoms with Crippen molar-refractivity contribution in [1.82, 2.24) is 9.55 Å². The number of benzene rings is 5. The molecule has 7 aromatic rings. The number of hydrogen-bond acceptors (Lipinski definition) is 2. The first-order chi connectivity index (χ1) is 21.9. The molecule has 8 rings (SSSR count). The van der Waals surface area contributed by atoms with Gasteiger partial charge in [0.1, 0.15) is 29.4 Å². The fraction of sp³-hybridized carbons (Fsp3) is 0.189. The quantitative estimate of drug-likeness (QED) is 0.195. The number of H-pyrrole nitrogens is 1. The molecule has 0 saturated heterocycles. The zero-order valence-corrected chi connectivity index (χ0v) is 24.2. The van der Waals surface area contributed by atoms with Crippen molar-refractivity contribution in [3.8, 4) is 0 Å². The van der Waals surface area contributed by atoms with Crippen LogP contribution >= 0.6 is 0 Å². The molecule has 0 amide bonds. The van der Waals surface area contributed by atoms with Crippen molar-refractivity contribution in [2.24, 2.45) is 0 Å². The summed E-state index contributed by atoms with van der Waals surface area (Å²) in [5.41, 5.74) is 4.29. The number of aromatic amines is 1. The van der Waals surface area contributed by atoms with Crippen molar-refractivity contribution in [1.29, 1.82) is 0 Å². The molecule has 3 atom stereocenters. The summed E-state index contributed by atoms with van der Waals surface area (Å²) in [6, 6.07) is 27.7. The van der Waals surface area contributed by atoms with E-state index >= 15 is 0 Å². The number of halogens is 4. The van der Waals surface area contributed by atoms with Gasteiger partial charge in [0.05, 0.1) is 18.8 Å². The first-order valence-corrected chi connectivity index (χ1v) is 14.9. The van der Waals surface area contributed by atoms with E-state index in [2.05, 4.69) is 4.98 Å². The molecule has 0 spiro atoms. The highest BCUT2D eigenvalue weighted by Crippen LogP contribution is 2.39. The number of nitrogens with zero attached hydrogens (tertiary/aromatic N) is 1. The van der Waals surface area contributed by atoms with Crippen LogP contribution in [0.5, 0.6) is 0 Å². The highest BCUT2D eigenvalue weighted by atomic mass is 19.1. The van der Waals surface area contributed by atoms with E-state index in [-0.39, 0.29) is 35.4 Å². The Morgan fingerprint density at radius 2 is 1.16 bits per heavy atom. The van der Waals surface area contributed by atoms with Crippen LogP contribution < -0.4 is 0 Å². The average Bonchev–Trinajstić information content (AvgIpc) is 3.55. The van der Waals surface area contributed by atoms with Crippen LogP contribution in [0.15, 0.2) is 103 Å². The number of rotatable bonds is 4. The van der Waals surface area contributed by atoms with E-state index < -0.39 is 6.10 Å². The highest BCUT2D eigenvalue weighted by molar-refractivity contribution is 6.08. The van der Waals surface area contributed by atoms with Crippen LogP contribution in [0.25, 0.3) is 43.6 Å². The third-order valence-electron chi connectivity index (χ3n) is 8.65. The first kappa shape index (κ1) is 29.1. The molecule has 2 N–H and O–H groups in total. The molecule has 2 aromatic heterocycles. The van der Waals surface area contributed by atoms with E-state index in [4.69, 9.17) is 4.74 Å². The standard InChI is InChI=1S/C25H23F2NO2.C12H7F2N/c26-17-9-11-21-19(13-17)20-14-18(27)10-12-22(20)28(21)23-7-4-8-24(25(23)29)30-15-16-5-2-1-3-6-16;13-7-1-3-11-9(5-7)10-6-8(14)2-4-12(10)15-11/h1-3,5-6,9-14,23-25,29H,4,7-8,15H2;1-6,15H/t23-,24-,25+;/m1./s1. The van der Waals surface area contributed by atoms with Crippen molar-refractivity contribution in [2.45, 2.75) is 44.1 Å². The van der Waals surface area contributed by atoms with E-state index in [0.717, 1.165) is 46.9 Å². The maximum atomic E-state index is 13.9. The van der Waals surface area contributed by atoms with Gasteiger partial charge < -0.3 is 19.4 Å². The van der Waals surface area contributed by atoms with E-state index in [1.807, 2.05) is 34.9 Å². The second-order valence-electron chi connectivity index (χ2n) is 11.5. The van der Waals surface area contributed by atoms with Gasteiger partial charge in [-0.25, -0.2) is 17.6 Å². The molecular formula is C37H30F4N2O2. The van der Waals surface area contributed by atoms with Crippen molar-refractivity contribution >= 4 is 43.6 Å². The molecule has 0 bridgehead atoms. The summed E-state index contributed by atoms with van der Waals surface area (Å²) in [4.78, 5) is 3.10. The lowest BCUT2D eigenvalue weighted by Gasteiger charge is -2.36. The zero-order valence-electron chi connectivity index (χ0n) is 24.2. The summed E-state index contributed by atoms with van der Waals surface area (Å²) in [6.45, 7) is 0.443. The third kappa shape index (κ3) is 5.67. The molecular weight excluding hydrogens is 580 g/mol. The van der Waals surface area contributed by atoms with E-state index in [9.17, 15) is 22.7 Å². The summed E-state index contributed by atoms with van der Waals surface area (Å²) in [5.74, 6) is -1.35. The molecule has 5 aromatic carbocycles. The lowest BCUT2D eigenvalue weighted by molar-refractivity contribution is -0.0858. The number of fused-ring (bicyclic) bond motifs is 6. The molecule has 45 heavy (non-hydrogen) atoms. The molecule has 1 aliphatic rings. The van der Waals surface area contributed by atoms with Crippen LogP contribution in [-0.2, 0) is 11.3 Å². The molecule has 1 aliphatic carbocycles. The minimum Gasteiger partial charge on any atom is -0.388 e. The second-order valence-corrected chi connectivity index (χ2v) is 11.5. The Morgan fingerprint density at radius 1 is 0.644 bits per heavy atom. The third-order valence-corrected chi connectivity index (χ3v) is 8.65. The smallest absolute Gasteiger partial charge is 0.123 e. The molecule has 0 aliphatic heterocycles. The zero-order chi connectivity index (χ0) is 31.1. The summed E-state index contributed by atoms with van der Waals surface area (Å²) in [5, 5.41) is 14.0. The van der Waals surface area contributed by atoms with Crippen LogP contribution in [0.3, 0.4) is 0 Å². The van der Waals surface area contributed by atoms with Gasteiger partial charge in [-0.2, -0.15) is 0 Å². The van der Waals surface area contributed by atoms with Crippen LogP contribution in [0.4, 0.5) is 17.6 Å². The lowest BCUT2D eigenvalue weighted by atomic mass is 9.89. The molecule has 0 radical (unpaired) electrons. The van der Waals surface area contributed by atoms with Gasteiger partial charge in [-0.05, 0) is 97.6 Å². The van der Waals surface area contributed by atoms with Gasteiger partial charge in [-0.15, -0.1) is 0 Å². The Kier molecular flexibility index (Phi) is 7.77.